The molecule has 2 aromatic rings. The van der Waals surface area contributed by atoms with Crippen molar-refractivity contribution in [3.63, 3.8) is 0 Å². The normalized spacial score (nSPS) is 29.2. The number of anilines is 1. The molecule has 2 heterocycles. The maximum absolute atomic E-state index is 15.1. The van der Waals surface area contributed by atoms with Crippen LogP contribution in [-0.4, -0.2) is 66.8 Å². The predicted molar refractivity (Wildman–Crippen MR) is 159 cm³/mol. The van der Waals surface area contributed by atoms with Crippen molar-refractivity contribution in [3.05, 3.63) is 64.4 Å². The van der Waals surface area contributed by atoms with Gasteiger partial charge in [0.1, 0.15) is 5.82 Å². The molecule has 8 nitrogen and oxygen atoms in total. The molecule has 2 saturated heterocycles. The van der Waals surface area contributed by atoms with Crippen LogP contribution in [0.3, 0.4) is 0 Å². The van der Waals surface area contributed by atoms with Crippen molar-refractivity contribution < 1.29 is 22.7 Å². The number of rotatable bonds is 8. The number of hydrogen-bond donors (Lipinski definition) is 4. The molecule has 5 rings (SSSR count). The van der Waals surface area contributed by atoms with Crippen LogP contribution in [0.15, 0.2) is 42.5 Å². The quantitative estimate of drug-likeness (QED) is 0.363. The van der Waals surface area contributed by atoms with E-state index in [4.69, 9.17) is 17.3 Å². The van der Waals surface area contributed by atoms with Gasteiger partial charge in [0.2, 0.25) is 15.9 Å². The van der Waals surface area contributed by atoms with Gasteiger partial charge in [0.25, 0.3) is 0 Å². The molecule has 11 heteroatoms. The number of halogens is 2. The number of nitrogens with two attached hydrogens (primary N) is 1. The van der Waals surface area contributed by atoms with Gasteiger partial charge < -0.3 is 21.5 Å². The molecule has 3 fully saturated rings. The Morgan fingerprint density at radius 3 is 2.61 bits per heavy atom. The number of amides is 1. The van der Waals surface area contributed by atoms with Gasteiger partial charge in [-0.25, -0.2) is 12.8 Å². The molecule has 5 atom stereocenters. The van der Waals surface area contributed by atoms with E-state index in [0.717, 1.165) is 24.8 Å². The number of nitrogens with one attached hydrogen (secondary N) is 2. The molecule has 1 amide bonds. The van der Waals surface area contributed by atoms with E-state index in [0.29, 0.717) is 55.0 Å². The van der Waals surface area contributed by atoms with E-state index in [1.54, 1.807) is 28.6 Å². The summed E-state index contributed by atoms with van der Waals surface area (Å²) in [5.41, 5.74) is 8.23. The van der Waals surface area contributed by atoms with E-state index in [1.807, 2.05) is 12.1 Å². The SMILES string of the molecule is NC(C(=O)Nc1cccc(F)c1CC[C@H]1CN[C@@H]2CCCS(=O)(=O)N1C2)[C@@H](c1ccc(Cl)cc1)[C@H]1CC[C@H](O)CC1. The highest BCUT2D eigenvalue weighted by atomic mass is 35.5. The number of piperazine rings is 1. The van der Waals surface area contributed by atoms with Gasteiger partial charge in [0.05, 0.1) is 17.9 Å². The Morgan fingerprint density at radius 1 is 1.15 bits per heavy atom. The Hall–Kier alpha value is -2.08. The lowest BCUT2D eigenvalue weighted by molar-refractivity contribution is -0.118. The van der Waals surface area contributed by atoms with Crippen molar-refractivity contribution in [3.8, 4) is 0 Å². The average molecular weight is 607 g/mol. The number of aliphatic hydroxyl groups excluding tert-OH is 1. The van der Waals surface area contributed by atoms with E-state index >= 15 is 4.39 Å². The van der Waals surface area contributed by atoms with E-state index in [2.05, 4.69) is 10.6 Å². The smallest absolute Gasteiger partial charge is 0.241 e. The zero-order valence-electron chi connectivity index (χ0n) is 23.1. The van der Waals surface area contributed by atoms with Gasteiger partial charge in [-0.3, -0.25) is 4.79 Å². The summed E-state index contributed by atoms with van der Waals surface area (Å²) in [6.07, 6.45) is 4.60. The molecule has 3 aliphatic rings. The maximum Gasteiger partial charge on any atom is 0.241 e. The monoisotopic (exact) mass is 606 g/mol. The Morgan fingerprint density at radius 2 is 1.88 bits per heavy atom. The third kappa shape index (κ3) is 7.12. The second kappa shape index (κ2) is 13.1. The lowest BCUT2D eigenvalue weighted by Crippen LogP contribution is -2.57. The number of carbonyl (C=O) groups is 1. The van der Waals surface area contributed by atoms with Crippen molar-refractivity contribution in [1.29, 1.82) is 0 Å². The summed E-state index contributed by atoms with van der Waals surface area (Å²) in [5, 5.41) is 17.0. The van der Waals surface area contributed by atoms with Crippen molar-refractivity contribution >= 4 is 33.2 Å². The molecule has 224 valence electrons. The Kier molecular flexibility index (Phi) is 9.67. The molecule has 2 aromatic carbocycles. The predicted octanol–water partition coefficient (Wildman–Crippen LogP) is 3.78. The first-order valence-corrected chi connectivity index (χ1v) is 16.6. The summed E-state index contributed by atoms with van der Waals surface area (Å²) in [4.78, 5) is 13.6. The van der Waals surface area contributed by atoms with Crippen molar-refractivity contribution in [2.75, 3.05) is 24.2 Å². The van der Waals surface area contributed by atoms with Crippen LogP contribution >= 0.6 is 11.6 Å². The van der Waals surface area contributed by atoms with Crippen LogP contribution in [0.4, 0.5) is 10.1 Å². The average Bonchev–Trinajstić information content (AvgIpc) is 3.06. The number of aliphatic hydroxyl groups is 1. The fourth-order valence-electron chi connectivity index (χ4n) is 6.78. The first kappa shape index (κ1) is 30.4. The Balaban J connectivity index is 1.32. The second-order valence-corrected chi connectivity index (χ2v) is 14.2. The summed E-state index contributed by atoms with van der Waals surface area (Å²) in [7, 11) is -3.36. The number of benzene rings is 2. The maximum atomic E-state index is 15.1. The van der Waals surface area contributed by atoms with Gasteiger partial charge in [-0.1, -0.05) is 29.8 Å². The van der Waals surface area contributed by atoms with Gasteiger partial charge in [-0.2, -0.15) is 4.31 Å². The van der Waals surface area contributed by atoms with Gasteiger partial charge in [-0.15, -0.1) is 0 Å². The number of sulfonamides is 1. The summed E-state index contributed by atoms with van der Waals surface area (Å²) < 4.78 is 42.5. The van der Waals surface area contributed by atoms with E-state index in [1.165, 1.54) is 6.07 Å². The van der Waals surface area contributed by atoms with Gasteiger partial charge >= 0.3 is 0 Å². The summed E-state index contributed by atoms with van der Waals surface area (Å²) >= 11 is 6.12. The third-order valence-electron chi connectivity index (χ3n) is 9.06. The zero-order valence-corrected chi connectivity index (χ0v) is 24.7. The van der Waals surface area contributed by atoms with Gasteiger partial charge in [-0.05, 0) is 87.1 Å². The minimum Gasteiger partial charge on any atom is -0.393 e. The molecular formula is C30H40ClFN4O4S. The molecule has 0 spiro atoms. The first-order chi connectivity index (χ1) is 19.6. The number of nitrogens with zero attached hydrogens (tertiary/aromatic N) is 1. The molecule has 0 aromatic heterocycles. The van der Waals surface area contributed by atoms with E-state index < -0.39 is 27.8 Å². The molecular weight excluding hydrogens is 567 g/mol. The third-order valence-corrected chi connectivity index (χ3v) is 11.3. The molecule has 1 saturated carbocycles. The van der Waals surface area contributed by atoms with E-state index in [9.17, 15) is 18.3 Å². The van der Waals surface area contributed by atoms with Crippen LogP contribution in [0.1, 0.15) is 62.0 Å². The largest absolute Gasteiger partial charge is 0.393 e. The highest BCUT2D eigenvalue weighted by Crippen LogP contribution is 2.39. The van der Waals surface area contributed by atoms with Crippen molar-refractivity contribution in [2.45, 2.75) is 81.5 Å². The van der Waals surface area contributed by atoms with E-state index in [-0.39, 0.29) is 42.2 Å². The van der Waals surface area contributed by atoms with Crippen molar-refractivity contribution in [1.82, 2.24) is 9.62 Å². The van der Waals surface area contributed by atoms with Crippen LogP contribution in [0.2, 0.25) is 5.02 Å². The van der Waals surface area contributed by atoms with Crippen LogP contribution in [0.5, 0.6) is 0 Å². The number of carbonyl (C=O) groups excluding carboxylic acids is 1. The standard InChI is InChI=1S/C30H40ClFN4O4S/c31-21-10-6-19(7-11-21)28(20-8-13-24(37)14-9-20)29(33)30(38)35-27-5-1-4-26(32)25(27)15-12-23-17-34-22-3-2-16-41(39,40)36(23)18-22/h1,4-7,10-11,20,22-24,28-29,34,37H,2-3,8-9,12-18,33H2,(H,35,38)/t20-,22-,23+,24-,28+,29?/m1/s1. The van der Waals surface area contributed by atoms with Crippen molar-refractivity contribution in [2.24, 2.45) is 11.7 Å². The number of fused-ring (bicyclic) bond motifs is 2. The zero-order chi connectivity index (χ0) is 29.1. The molecule has 0 radical (unpaired) electrons. The minimum absolute atomic E-state index is 0.102. The minimum atomic E-state index is -3.36. The van der Waals surface area contributed by atoms with Gasteiger partial charge in [0, 0.05) is 47.4 Å². The Bertz CT molecular complexity index is 1320. The lowest BCUT2D eigenvalue weighted by Gasteiger charge is -2.37. The molecule has 41 heavy (non-hydrogen) atoms. The molecule has 2 aliphatic heterocycles. The van der Waals surface area contributed by atoms with Crippen LogP contribution in [0, 0.1) is 11.7 Å². The molecule has 5 N–H and O–H groups in total. The second-order valence-electron chi connectivity index (χ2n) is 11.8. The highest BCUT2D eigenvalue weighted by molar-refractivity contribution is 7.89. The Labute approximate surface area is 246 Å². The van der Waals surface area contributed by atoms with Crippen LogP contribution in [-0.2, 0) is 21.2 Å². The summed E-state index contributed by atoms with van der Waals surface area (Å²) in [6, 6.07) is 10.9. The molecule has 2 unspecified atom stereocenters. The topological polar surface area (TPSA) is 125 Å². The lowest BCUT2D eigenvalue weighted by atomic mass is 9.72. The molecule has 1 aliphatic carbocycles. The van der Waals surface area contributed by atoms with Gasteiger partial charge in [0.15, 0.2) is 0 Å². The number of hydrogen-bond acceptors (Lipinski definition) is 6. The van der Waals surface area contributed by atoms with Crippen LogP contribution in [0.25, 0.3) is 0 Å². The highest BCUT2D eigenvalue weighted by Gasteiger charge is 2.38. The summed E-state index contributed by atoms with van der Waals surface area (Å²) in [6.45, 7) is 0.955. The van der Waals surface area contributed by atoms with Crippen LogP contribution < -0.4 is 16.4 Å². The first-order valence-electron chi connectivity index (χ1n) is 14.6. The molecule has 2 bridgehead atoms. The fourth-order valence-corrected chi connectivity index (χ4v) is 8.72. The summed E-state index contributed by atoms with van der Waals surface area (Å²) in [5.74, 6) is -0.931. The fraction of sp³-hybridized carbons (Fsp3) is 0.567.